The van der Waals surface area contributed by atoms with E-state index in [4.69, 9.17) is 4.74 Å². The molecule has 1 heterocycles. The van der Waals surface area contributed by atoms with Crippen LogP contribution in [0.2, 0.25) is 0 Å². The molecule has 1 unspecified atom stereocenters. The number of aliphatic hydroxyl groups excluding tert-OH is 4. The van der Waals surface area contributed by atoms with Gasteiger partial charge >= 0.3 is 0 Å². The van der Waals surface area contributed by atoms with Crippen molar-refractivity contribution in [3.8, 4) is 5.75 Å². The molecule has 33 heavy (non-hydrogen) atoms. The first-order chi connectivity index (χ1) is 15.6. The Labute approximate surface area is 200 Å². The van der Waals surface area contributed by atoms with Crippen molar-refractivity contribution in [1.82, 2.24) is 5.32 Å². The molecule has 0 radical (unpaired) electrons. The van der Waals surface area contributed by atoms with Crippen molar-refractivity contribution in [3.63, 3.8) is 0 Å². The van der Waals surface area contributed by atoms with Gasteiger partial charge in [0.1, 0.15) is 18.5 Å². The molecule has 0 aromatic heterocycles. The highest BCUT2D eigenvalue weighted by Gasteiger charge is 2.40. The normalized spacial score (nSPS) is 26.8. The van der Waals surface area contributed by atoms with Crippen LogP contribution in [0.15, 0.2) is 42.5 Å². The van der Waals surface area contributed by atoms with E-state index in [1.807, 2.05) is 32.0 Å². The predicted octanol–water partition coefficient (Wildman–Crippen LogP) is 2.09. The highest BCUT2D eigenvalue weighted by Crippen LogP contribution is 2.48. The molecule has 184 valence electrons. The van der Waals surface area contributed by atoms with Gasteiger partial charge in [-0.1, -0.05) is 30.3 Å². The van der Waals surface area contributed by atoms with E-state index in [0.717, 1.165) is 17.7 Å². The summed E-state index contributed by atoms with van der Waals surface area (Å²) in [6.07, 6.45) is -0.0567. The molecule has 6 nitrogen and oxygen atoms in total. The lowest BCUT2D eigenvalue weighted by molar-refractivity contribution is -0.0561. The van der Waals surface area contributed by atoms with Gasteiger partial charge < -0.3 is 30.5 Å². The Kier molecular flexibility index (Phi) is 8.83. The molecule has 1 aliphatic rings. The fourth-order valence-corrected chi connectivity index (χ4v) is 6.65. The Balaban J connectivity index is 1.64. The summed E-state index contributed by atoms with van der Waals surface area (Å²) in [5.41, 5.74) is 4.25. The maximum absolute atomic E-state index is 10.6. The van der Waals surface area contributed by atoms with Crippen molar-refractivity contribution < 1.29 is 25.2 Å². The van der Waals surface area contributed by atoms with Gasteiger partial charge in [-0.3, -0.25) is 0 Å². The van der Waals surface area contributed by atoms with Crippen LogP contribution in [0.25, 0.3) is 0 Å². The van der Waals surface area contributed by atoms with E-state index >= 15 is 0 Å². The van der Waals surface area contributed by atoms with Crippen LogP contribution < -0.4 is 10.1 Å². The Bertz CT molecular complexity index is 904. The minimum Gasteiger partial charge on any atom is -0.492 e. The van der Waals surface area contributed by atoms with Gasteiger partial charge in [0.25, 0.3) is 0 Å². The minimum absolute atomic E-state index is 0.0739. The Morgan fingerprint density at radius 3 is 2.42 bits per heavy atom. The summed E-state index contributed by atoms with van der Waals surface area (Å²) < 4.78 is 5.80. The number of hydrogen-bond donors (Lipinski definition) is 6. The quantitative estimate of drug-likeness (QED) is 0.244. The van der Waals surface area contributed by atoms with Crippen molar-refractivity contribution in [2.75, 3.05) is 31.8 Å². The first-order valence-corrected chi connectivity index (χ1v) is 13.6. The van der Waals surface area contributed by atoms with Gasteiger partial charge in [0.15, 0.2) is 0 Å². The number of aryl methyl sites for hydroxylation is 1. The zero-order valence-electron chi connectivity index (χ0n) is 20.0. The molecule has 5 atom stereocenters. The molecular weight excluding hydrogens is 438 g/mol. The topological polar surface area (TPSA) is 102 Å². The van der Waals surface area contributed by atoms with Gasteiger partial charge in [0.05, 0.1) is 18.8 Å². The standard InChI is InChI=1S/C26H39NO5S/c1-17-5-8-19(25-24(31)23(30)22(29)15-33(25)4)14-20(17)13-18-6-9-21(10-7-18)32-12-11-27-26(2,3)16-28/h5-10,14,22-25,27-31,33H,11-13,15-16H2,1-4H3/t22-,23-,24-,25+/m1/s1. The fourth-order valence-electron chi connectivity index (χ4n) is 4.25. The highest BCUT2D eigenvalue weighted by molar-refractivity contribution is 8.16. The Morgan fingerprint density at radius 1 is 1.06 bits per heavy atom. The largest absolute Gasteiger partial charge is 0.492 e. The van der Waals surface area contributed by atoms with Crippen LogP contribution >= 0.6 is 10.9 Å². The molecule has 5 N–H and O–H groups in total. The molecule has 3 rings (SSSR count). The zero-order valence-corrected chi connectivity index (χ0v) is 20.9. The first kappa shape index (κ1) is 26.0. The van der Waals surface area contributed by atoms with Crippen LogP contribution in [-0.4, -0.2) is 76.0 Å². The summed E-state index contributed by atoms with van der Waals surface area (Å²) in [7, 11) is -0.634. The Morgan fingerprint density at radius 2 is 1.76 bits per heavy atom. The molecule has 1 fully saturated rings. The van der Waals surface area contributed by atoms with E-state index < -0.39 is 29.2 Å². The number of thiol groups is 1. The minimum atomic E-state index is -1.10. The molecule has 1 aliphatic heterocycles. The smallest absolute Gasteiger partial charge is 0.119 e. The monoisotopic (exact) mass is 477 g/mol. The molecule has 7 heteroatoms. The molecule has 0 saturated carbocycles. The van der Waals surface area contributed by atoms with Gasteiger partial charge in [0, 0.05) is 23.1 Å². The third-order valence-electron chi connectivity index (χ3n) is 6.42. The second-order valence-electron chi connectivity index (χ2n) is 9.76. The van der Waals surface area contributed by atoms with E-state index in [1.54, 1.807) is 0 Å². The van der Waals surface area contributed by atoms with Crippen LogP contribution in [0.4, 0.5) is 0 Å². The van der Waals surface area contributed by atoms with Crippen LogP contribution in [0.1, 0.15) is 41.4 Å². The van der Waals surface area contributed by atoms with Crippen molar-refractivity contribution in [2.24, 2.45) is 0 Å². The van der Waals surface area contributed by atoms with Crippen molar-refractivity contribution in [1.29, 1.82) is 0 Å². The summed E-state index contributed by atoms with van der Waals surface area (Å²) in [4.78, 5) is 0. The second-order valence-corrected chi connectivity index (χ2v) is 12.2. The second kappa shape index (κ2) is 11.2. The van der Waals surface area contributed by atoms with E-state index in [9.17, 15) is 20.4 Å². The summed E-state index contributed by atoms with van der Waals surface area (Å²) in [6, 6.07) is 14.3. The fraction of sp³-hybridized carbons (Fsp3) is 0.538. The number of rotatable bonds is 9. The number of nitrogens with one attached hydrogen (secondary N) is 1. The van der Waals surface area contributed by atoms with E-state index in [-0.39, 0.29) is 17.4 Å². The van der Waals surface area contributed by atoms with Crippen molar-refractivity contribution in [3.05, 3.63) is 64.7 Å². The molecule has 0 amide bonds. The summed E-state index contributed by atoms with van der Waals surface area (Å²) in [5.74, 6) is 1.35. The lowest BCUT2D eigenvalue weighted by atomic mass is 9.94. The predicted molar refractivity (Wildman–Crippen MR) is 136 cm³/mol. The molecule has 0 bridgehead atoms. The molecule has 0 spiro atoms. The maximum atomic E-state index is 10.6. The van der Waals surface area contributed by atoms with Gasteiger partial charge in [-0.2, -0.15) is 0 Å². The zero-order chi connectivity index (χ0) is 24.2. The number of ether oxygens (including phenoxy) is 1. The van der Waals surface area contributed by atoms with Gasteiger partial charge in [0.2, 0.25) is 0 Å². The third kappa shape index (κ3) is 6.72. The maximum Gasteiger partial charge on any atom is 0.119 e. The molecule has 1 saturated heterocycles. The first-order valence-electron chi connectivity index (χ1n) is 11.5. The SMILES string of the molecule is Cc1ccc([C@H]2[C@H](O)[C@H](O)[C@H](O)C[SH]2C)cc1Cc1ccc(OCCNC(C)(C)CO)cc1. The van der Waals surface area contributed by atoms with Gasteiger partial charge in [-0.15, -0.1) is 0 Å². The molecule has 0 aliphatic carbocycles. The van der Waals surface area contributed by atoms with Crippen molar-refractivity contribution in [2.45, 2.75) is 56.3 Å². The summed E-state index contributed by atoms with van der Waals surface area (Å²) >= 11 is 0. The van der Waals surface area contributed by atoms with E-state index in [2.05, 4.69) is 42.8 Å². The average Bonchev–Trinajstić information content (AvgIpc) is 2.78. The number of benzene rings is 2. The van der Waals surface area contributed by atoms with Crippen LogP contribution in [0.5, 0.6) is 5.75 Å². The highest BCUT2D eigenvalue weighted by atomic mass is 32.2. The lowest BCUT2D eigenvalue weighted by Gasteiger charge is -2.42. The van der Waals surface area contributed by atoms with Gasteiger partial charge in [-0.05, 0) is 67.8 Å². The molecular formula is C26H39NO5S. The Hall–Kier alpha value is -1.61. The lowest BCUT2D eigenvalue weighted by Crippen LogP contribution is -2.47. The third-order valence-corrected chi connectivity index (χ3v) is 8.92. The summed E-state index contributed by atoms with van der Waals surface area (Å²) in [6.45, 7) is 7.22. The summed E-state index contributed by atoms with van der Waals surface area (Å²) in [5, 5.41) is 43.2. The van der Waals surface area contributed by atoms with Crippen molar-refractivity contribution >= 4 is 10.9 Å². The molecule has 2 aromatic carbocycles. The van der Waals surface area contributed by atoms with E-state index in [0.29, 0.717) is 18.9 Å². The van der Waals surface area contributed by atoms with E-state index in [1.165, 1.54) is 16.7 Å². The van der Waals surface area contributed by atoms with Crippen LogP contribution in [0.3, 0.4) is 0 Å². The van der Waals surface area contributed by atoms with Crippen LogP contribution in [-0.2, 0) is 6.42 Å². The number of aliphatic hydroxyl groups is 4. The molecule has 2 aromatic rings. The van der Waals surface area contributed by atoms with Crippen LogP contribution in [0, 0.1) is 6.92 Å². The average molecular weight is 478 g/mol. The van der Waals surface area contributed by atoms with Gasteiger partial charge in [-0.25, -0.2) is 10.9 Å². The number of hydrogen-bond acceptors (Lipinski definition) is 6.